The van der Waals surface area contributed by atoms with Gasteiger partial charge in [-0.3, -0.25) is 10.1 Å². The van der Waals surface area contributed by atoms with Gasteiger partial charge in [0.1, 0.15) is 15.5 Å². The molecule has 1 N–H and O–H groups in total. The van der Waals surface area contributed by atoms with Crippen LogP contribution in [0.2, 0.25) is 0 Å². The van der Waals surface area contributed by atoms with Gasteiger partial charge in [0.15, 0.2) is 5.52 Å². The lowest BCUT2D eigenvalue weighted by molar-refractivity contribution is -0.382. The lowest BCUT2D eigenvalue weighted by Gasteiger charge is -2.23. The van der Waals surface area contributed by atoms with Gasteiger partial charge in [0.2, 0.25) is 0 Å². The summed E-state index contributed by atoms with van der Waals surface area (Å²) >= 11 is 1.35. The van der Waals surface area contributed by atoms with E-state index in [9.17, 15) is 18.5 Å². The minimum absolute atomic E-state index is 0.0396. The Balaban J connectivity index is 1.90. The molecule has 1 saturated heterocycles. The zero-order valence-corrected chi connectivity index (χ0v) is 12.6. The minimum atomic E-state index is -2.94. The quantitative estimate of drug-likeness (QED) is 0.685. The molecule has 1 aromatic heterocycles. The van der Waals surface area contributed by atoms with Gasteiger partial charge < -0.3 is 5.32 Å². The van der Waals surface area contributed by atoms with Gasteiger partial charge >= 0.3 is 5.69 Å². The second-order valence-corrected chi connectivity index (χ2v) is 8.18. The van der Waals surface area contributed by atoms with Crippen LogP contribution in [0.15, 0.2) is 17.6 Å². The Morgan fingerprint density at radius 2 is 2.05 bits per heavy atom. The summed E-state index contributed by atoms with van der Waals surface area (Å²) in [4.78, 5) is 14.9. The molecule has 2 heterocycles. The van der Waals surface area contributed by atoms with Crippen LogP contribution in [0.4, 0.5) is 11.4 Å². The largest absolute Gasteiger partial charge is 0.377 e. The standard InChI is InChI=1S/C12H13N3O4S2/c16-15(17)12-9(1-2-10-11(12)13-7-20-10)14-8-3-5-21(18,19)6-4-8/h1-2,7-8,14H,3-6H2. The van der Waals surface area contributed by atoms with Crippen molar-refractivity contribution in [3.8, 4) is 0 Å². The van der Waals surface area contributed by atoms with Crippen molar-refractivity contribution in [2.45, 2.75) is 18.9 Å². The first-order valence-electron chi connectivity index (χ1n) is 6.44. The smallest absolute Gasteiger partial charge is 0.319 e. The van der Waals surface area contributed by atoms with Gasteiger partial charge in [-0.15, -0.1) is 11.3 Å². The number of anilines is 1. The third kappa shape index (κ3) is 2.84. The molecule has 7 nitrogen and oxygen atoms in total. The third-order valence-electron chi connectivity index (χ3n) is 3.57. The Bertz CT molecular complexity index is 786. The van der Waals surface area contributed by atoms with Gasteiger partial charge in [-0.05, 0) is 25.0 Å². The van der Waals surface area contributed by atoms with Gasteiger partial charge in [-0.1, -0.05) is 0 Å². The Labute approximate surface area is 125 Å². The summed E-state index contributed by atoms with van der Waals surface area (Å²) < 4.78 is 23.6. The first-order valence-corrected chi connectivity index (χ1v) is 9.14. The van der Waals surface area contributed by atoms with Gasteiger partial charge in [-0.25, -0.2) is 13.4 Å². The molecule has 0 unspecified atom stereocenters. The summed E-state index contributed by atoms with van der Waals surface area (Å²) in [5.74, 6) is 0.245. The van der Waals surface area contributed by atoms with E-state index in [2.05, 4.69) is 10.3 Å². The summed E-state index contributed by atoms with van der Waals surface area (Å²) in [6.07, 6.45) is 0.934. The number of fused-ring (bicyclic) bond motifs is 1. The zero-order valence-electron chi connectivity index (χ0n) is 11.0. The van der Waals surface area contributed by atoms with Crippen LogP contribution in [-0.2, 0) is 9.84 Å². The SMILES string of the molecule is O=[N+]([O-])c1c(NC2CCS(=O)(=O)CC2)ccc2scnc12. The highest BCUT2D eigenvalue weighted by Gasteiger charge is 2.27. The maximum atomic E-state index is 11.4. The Kier molecular flexibility index (Phi) is 3.54. The highest BCUT2D eigenvalue weighted by atomic mass is 32.2. The van der Waals surface area contributed by atoms with Crippen molar-refractivity contribution in [1.29, 1.82) is 0 Å². The Morgan fingerprint density at radius 1 is 1.33 bits per heavy atom. The summed E-state index contributed by atoms with van der Waals surface area (Å²) in [7, 11) is -2.94. The Hall–Kier alpha value is -1.74. The van der Waals surface area contributed by atoms with Crippen LogP contribution >= 0.6 is 11.3 Å². The molecule has 9 heteroatoms. The molecule has 1 aliphatic rings. The summed E-state index contributed by atoms with van der Waals surface area (Å²) in [5, 5.41) is 14.4. The third-order valence-corrected chi connectivity index (χ3v) is 6.08. The molecule has 0 atom stereocenters. The molecular weight excluding hydrogens is 314 g/mol. The number of hydrogen-bond acceptors (Lipinski definition) is 7. The van der Waals surface area contributed by atoms with Crippen molar-refractivity contribution in [3.05, 3.63) is 27.8 Å². The predicted octanol–water partition coefficient (Wildman–Crippen LogP) is 2.19. The number of thiazole rings is 1. The fraction of sp³-hybridized carbons (Fsp3) is 0.417. The molecule has 0 radical (unpaired) electrons. The molecule has 0 saturated carbocycles. The van der Waals surface area contributed by atoms with Gasteiger partial charge in [0.05, 0.1) is 26.6 Å². The molecule has 0 spiro atoms. The first-order chi connectivity index (χ1) is 9.96. The van der Waals surface area contributed by atoms with Crippen molar-refractivity contribution >= 4 is 42.8 Å². The number of nitro groups is 1. The van der Waals surface area contributed by atoms with E-state index in [1.165, 1.54) is 11.3 Å². The molecule has 0 bridgehead atoms. The van der Waals surface area contributed by atoms with Gasteiger partial charge in [-0.2, -0.15) is 0 Å². The van der Waals surface area contributed by atoms with Gasteiger partial charge in [0, 0.05) is 6.04 Å². The average Bonchev–Trinajstić information content (AvgIpc) is 2.88. The fourth-order valence-corrected chi connectivity index (χ4v) is 4.64. The van der Waals surface area contributed by atoms with Crippen LogP contribution in [0.3, 0.4) is 0 Å². The minimum Gasteiger partial charge on any atom is -0.377 e. The van der Waals surface area contributed by atoms with Crippen molar-refractivity contribution in [2.75, 3.05) is 16.8 Å². The molecule has 0 aliphatic carbocycles. The van der Waals surface area contributed by atoms with Crippen LogP contribution in [0.5, 0.6) is 0 Å². The zero-order chi connectivity index (χ0) is 15.0. The molecule has 1 aliphatic heterocycles. The van der Waals surface area contributed by atoms with E-state index in [0.29, 0.717) is 24.0 Å². The van der Waals surface area contributed by atoms with Crippen LogP contribution in [-0.4, -0.2) is 35.9 Å². The predicted molar refractivity (Wildman–Crippen MR) is 81.6 cm³/mol. The number of nitro benzene ring substituents is 1. The summed E-state index contributed by atoms with van der Waals surface area (Å²) in [6, 6.07) is 3.40. The maximum absolute atomic E-state index is 11.4. The van der Waals surface area contributed by atoms with E-state index in [0.717, 1.165) is 4.70 Å². The van der Waals surface area contributed by atoms with Gasteiger partial charge in [0.25, 0.3) is 0 Å². The van der Waals surface area contributed by atoms with Crippen molar-refractivity contribution in [3.63, 3.8) is 0 Å². The molecule has 0 amide bonds. The lowest BCUT2D eigenvalue weighted by Crippen LogP contribution is -2.32. The monoisotopic (exact) mass is 327 g/mol. The first kappa shape index (κ1) is 14.2. The van der Waals surface area contributed by atoms with E-state index in [1.54, 1.807) is 17.6 Å². The van der Waals surface area contributed by atoms with Crippen LogP contribution in [0.1, 0.15) is 12.8 Å². The fourth-order valence-electron chi connectivity index (χ4n) is 2.47. The number of sulfone groups is 1. The number of benzene rings is 1. The van der Waals surface area contributed by atoms with E-state index in [4.69, 9.17) is 0 Å². The van der Waals surface area contributed by atoms with Crippen molar-refractivity contribution in [1.82, 2.24) is 4.98 Å². The number of nitrogens with zero attached hydrogens (tertiary/aromatic N) is 2. The second-order valence-electron chi connectivity index (χ2n) is 4.99. The molecule has 3 rings (SSSR count). The lowest BCUT2D eigenvalue weighted by atomic mass is 10.1. The highest BCUT2D eigenvalue weighted by molar-refractivity contribution is 7.91. The topological polar surface area (TPSA) is 102 Å². The van der Waals surface area contributed by atoms with E-state index in [-0.39, 0.29) is 23.2 Å². The van der Waals surface area contributed by atoms with E-state index < -0.39 is 14.8 Å². The summed E-state index contributed by atoms with van der Waals surface area (Å²) in [6.45, 7) is 0. The molecule has 112 valence electrons. The van der Waals surface area contributed by atoms with Crippen molar-refractivity contribution < 1.29 is 13.3 Å². The molecule has 1 fully saturated rings. The van der Waals surface area contributed by atoms with E-state index in [1.807, 2.05) is 0 Å². The highest BCUT2D eigenvalue weighted by Crippen LogP contribution is 2.35. The number of aromatic nitrogens is 1. The Morgan fingerprint density at radius 3 is 2.71 bits per heavy atom. The van der Waals surface area contributed by atoms with Crippen molar-refractivity contribution in [2.24, 2.45) is 0 Å². The van der Waals surface area contributed by atoms with Crippen LogP contribution < -0.4 is 5.32 Å². The second kappa shape index (κ2) is 5.23. The normalized spacial score (nSPS) is 18.7. The molecule has 1 aromatic carbocycles. The number of rotatable bonds is 3. The number of nitrogens with one attached hydrogen (secondary N) is 1. The summed E-state index contributed by atoms with van der Waals surface area (Å²) in [5.41, 5.74) is 2.32. The molecular formula is C12H13N3O4S2. The maximum Gasteiger partial charge on any atom is 0.319 e. The van der Waals surface area contributed by atoms with E-state index >= 15 is 0 Å². The van der Waals surface area contributed by atoms with Crippen LogP contribution in [0.25, 0.3) is 10.2 Å². The number of hydrogen-bond donors (Lipinski definition) is 1. The molecule has 2 aromatic rings. The average molecular weight is 327 g/mol. The molecule has 21 heavy (non-hydrogen) atoms. The van der Waals surface area contributed by atoms with Crippen LogP contribution in [0, 0.1) is 10.1 Å².